The van der Waals surface area contributed by atoms with E-state index in [2.05, 4.69) is 17.4 Å². The highest BCUT2D eigenvalue weighted by molar-refractivity contribution is 5.85. The van der Waals surface area contributed by atoms with Crippen molar-refractivity contribution in [3.8, 4) is 0 Å². The van der Waals surface area contributed by atoms with Gasteiger partial charge in [-0.25, -0.2) is 9.37 Å². The summed E-state index contributed by atoms with van der Waals surface area (Å²) in [4.78, 5) is 31.8. The summed E-state index contributed by atoms with van der Waals surface area (Å²) >= 11 is 0. The van der Waals surface area contributed by atoms with Crippen LogP contribution in [0.25, 0.3) is 0 Å². The number of amides is 1. The molecule has 7 nitrogen and oxygen atoms in total. The van der Waals surface area contributed by atoms with Gasteiger partial charge in [0, 0.05) is 51.3 Å². The normalized spacial score (nSPS) is 22.2. The quantitative estimate of drug-likeness (QED) is 0.762. The molecule has 3 aliphatic heterocycles. The summed E-state index contributed by atoms with van der Waals surface area (Å²) in [6, 6.07) is 4.29. The van der Waals surface area contributed by atoms with Crippen LogP contribution < -0.4 is 5.32 Å². The van der Waals surface area contributed by atoms with Crippen molar-refractivity contribution in [3.05, 3.63) is 23.4 Å². The summed E-state index contributed by atoms with van der Waals surface area (Å²) in [5.74, 6) is 0.141. The number of aliphatic carboxylic acids is 1. The van der Waals surface area contributed by atoms with Crippen LogP contribution in [0.15, 0.2) is 12.1 Å². The summed E-state index contributed by atoms with van der Waals surface area (Å²) in [6.07, 6.45) is 4.99. The topological polar surface area (TPSA) is 85.8 Å². The fraction of sp³-hybridized carbons (Fsp3) is 0.682. The van der Waals surface area contributed by atoms with Gasteiger partial charge in [0.25, 0.3) is 5.91 Å². The zero-order chi connectivity index (χ0) is 21.1. The highest BCUT2D eigenvalue weighted by atomic mass is 19.1. The third kappa shape index (κ3) is 4.74. The van der Waals surface area contributed by atoms with Crippen LogP contribution in [0.5, 0.6) is 0 Å². The summed E-state index contributed by atoms with van der Waals surface area (Å²) in [7, 11) is 0. The number of hydrogen-bond acceptors (Lipinski definition) is 5. The van der Waals surface area contributed by atoms with E-state index in [1.807, 2.05) is 0 Å². The van der Waals surface area contributed by atoms with Gasteiger partial charge in [-0.1, -0.05) is 6.07 Å². The van der Waals surface area contributed by atoms with Gasteiger partial charge in [0.05, 0.1) is 6.54 Å². The second-order valence-electron chi connectivity index (χ2n) is 8.92. The molecule has 4 heterocycles. The average Bonchev–Trinajstić information content (AvgIpc) is 2.75. The molecule has 4 rings (SSSR count). The van der Waals surface area contributed by atoms with E-state index in [4.69, 9.17) is 10.1 Å². The number of fused-ring (bicyclic) bond motifs is 1. The van der Waals surface area contributed by atoms with Gasteiger partial charge >= 0.3 is 5.97 Å². The van der Waals surface area contributed by atoms with Crippen LogP contribution >= 0.6 is 0 Å². The molecule has 0 bridgehead atoms. The number of anilines is 1. The van der Waals surface area contributed by atoms with Gasteiger partial charge in [0.2, 0.25) is 0 Å². The highest BCUT2D eigenvalue weighted by Gasteiger charge is 2.44. The maximum atomic E-state index is 15.3. The predicted molar refractivity (Wildman–Crippen MR) is 111 cm³/mol. The number of pyridine rings is 1. The summed E-state index contributed by atoms with van der Waals surface area (Å²) in [5.41, 5.74) is 0.516. The van der Waals surface area contributed by atoms with Crippen molar-refractivity contribution in [1.29, 1.82) is 0 Å². The van der Waals surface area contributed by atoms with Crippen LogP contribution in [0.3, 0.4) is 0 Å². The molecule has 30 heavy (non-hydrogen) atoms. The smallest absolute Gasteiger partial charge is 0.317 e. The number of halogens is 1. The molecule has 0 radical (unpaired) electrons. The van der Waals surface area contributed by atoms with E-state index in [0.717, 1.165) is 50.2 Å². The first kappa shape index (κ1) is 21.0. The Balaban J connectivity index is 1.27. The molecule has 0 atom stereocenters. The van der Waals surface area contributed by atoms with E-state index in [1.54, 1.807) is 9.80 Å². The van der Waals surface area contributed by atoms with Crippen LogP contribution in [0.1, 0.15) is 43.4 Å². The fourth-order valence-corrected chi connectivity index (χ4v) is 4.87. The number of hydrogen-bond donors (Lipinski definition) is 2. The van der Waals surface area contributed by atoms with Gasteiger partial charge in [0.15, 0.2) is 5.67 Å². The highest BCUT2D eigenvalue weighted by Crippen LogP contribution is 2.31. The van der Waals surface area contributed by atoms with Crippen molar-refractivity contribution in [2.75, 3.05) is 44.6 Å². The molecule has 2 N–H and O–H groups in total. The molecule has 0 aliphatic carbocycles. The van der Waals surface area contributed by atoms with Crippen molar-refractivity contribution in [3.63, 3.8) is 0 Å². The van der Waals surface area contributed by atoms with Crippen molar-refractivity contribution >= 4 is 17.7 Å². The van der Waals surface area contributed by atoms with Gasteiger partial charge in [-0.05, 0) is 49.7 Å². The molecule has 1 aromatic heterocycles. The van der Waals surface area contributed by atoms with Crippen LogP contribution in [0.4, 0.5) is 10.2 Å². The number of likely N-dealkylation sites (tertiary alicyclic amines) is 2. The largest absolute Gasteiger partial charge is 0.480 e. The zero-order valence-electron chi connectivity index (χ0n) is 17.4. The van der Waals surface area contributed by atoms with Gasteiger partial charge in [-0.15, -0.1) is 0 Å². The second-order valence-corrected chi connectivity index (χ2v) is 8.92. The first-order valence-corrected chi connectivity index (χ1v) is 11.1. The Morgan fingerprint density at radius 2 is 1.93 bits per heavy atom. The number of aryl methyl sites for hydroxylation is 1. The lowest BCUT2D eigenvalue weighted by Gasteiger charge is -2.40. The molecule has 1 amide bonds. The lowest BCUT2D eigenvalue weighted by molar-refractivity contribution is -0.149. The first-order chi connectivity index (χ1) is 14.4. The number of nitrogens with zero attached hydrogens (tertiary/aromatic N) is 3. The standard InChI is InChI=1S/C22H31FN4O3/c23-22(7-12-26(13-8-22)15-19(28)29)21(30)27-10-5-16(6-11-27)14-18-4-3-17-2-1-9-24-20(17)25-18/h3-4,16H,1-2,5-15H2,(H,24,25)(H,28,29). The Morgan fingerprint density at radius 1 is 1.20 bits per heavy atom. The number of aromatic nitrogens is 1. The van der Waals surface area contributed by atoms with E-state index in [1.165, 1.54) is 5.56 Å². The van der Waals surface area contributed by atoms with Gasteiger partial charge in [-0.2, -0.15) is 0 Å². The molecule has 0 aromatic carbocycles. The number of carboxylic acid groups (broad SMARTS) is 1. The van der Waals surface area contributed by atoms with E-state index >= 15 is 4.39 Å². The molecule has 0 spiro atoms. The summed E-state index contributed by atoms with van der Waals surface area (Å²) in [5, 5.41) is 12.3. The lowest BCUT2D eigenvalue weighted by atomic mass is 9.88. The number of nitrogens with one attached hydrogen (secondary N) is 1. The monoisotopic (exact) mass is 418 g/mol. The van der Waals surface area contributed by atoms with E-state index in [0.29, 0.717) is 32.1 Å². The van der Waals surface area contributed by atoms with Gasteiger partial charge < -0.3 is 15.3 Å². The Morgan fingerprint density at radius 3 is 2.63 bits per heavy atom. The number of carboxylic acids is 1. The maximum Gasteiger partial charge on any atom is 0.317 e. The van der Waals surface area contributed by atoms with Crippen LogP contribution in [0, 0.1) is 5.92 Å². The number of carbonyl (C=O) groups is 2. The number of piperidine rings is 2. The molecule has 8 heteroatoms. The van der Waals surface area contributed by atoms with Gasteiger partial charge in [0.1, 0.15) is 5.82 Å². The van der Waals surface area contributed by atoms with Crippen LogP contribution in [-0.4, -0.2) is 76.7 Å². The Bertz CT molecular complexity index is 787. The Hall–Kier alpha value is -2.22. The molecule has 2 saturated heterocycles. The Labute approximate surface area is 176 Å². The molecular formula is C22H31FN4O3. The third-order valence-corrected chi connectivity index (χ3v) is 6.74. The second kappa shape index (κ2) is 8.88. The molecule has 1 aromatic rings. The number of carbonyl (C=O) groups excluding carboxylic acids is 1. The lowest BCUT2D eigenvalue weighted by Crippen LogP contribution is -2.54. The third-order valence-electron chi connectivity index (χ3n) is 6.74. The van der Waals surface area contributed by atoms with Crippen molar-refractivity contribution in [2.24, 2.45) is 5.92 Å². The molecule has 2 fully saturated rings. The first-order valence-electron chi connectivity index (χ1n) is 11.1. The molecule has 3 aliphatic rings. The van der Waals surface area contributed by atoms with Crippen LogP contribution in [0.2, 0.25) is 0 Å². The predicted octanol–water partition coefficient (Wildman–Crippen LogP) is 2.11. The molecule has 0 saturated carbocycles. The van der Waals surface area contributed by atoms with Crippen molar-refractivity contribution in [2.45, 2.75) is 50.6 Å². The minimum Gasteiger partial charge on any atom is -0.480 e. The van der Waals surface area contributed by atoms with Gasteiger partial charge in [-0.3, -0.25) is 14.5 Å². The Kier molecular flexibility index (Phi) is 6.22. The number of rotatable bonds is 5. The average molecular weight is 419 g/mol. The molecular weight excluding hydrogens is 387 g/mol. The molecule has 0 unspecified atom stereocenters. The summed E-state index contributed by atoms with van der Waals surface area (Å²) < 4.78 is 15.3. The van der Waals surface area contributed by atoms with E-state index < -0.39 is 17.5 Å². The van der Waals surface area contributed by atoms with E-state index in [9.17, 15) is 9.59 Å². The SMILES string of the molecule is O=C(O)CN1CCC(F)(C(=O)N2CCC(Cc3ccc4c(n3)NCCC4)CC2)CC1. The molecule has 164 valence electrons. The van der Waals surface area contributed by atoms with Crippen molar-refractivity contribution in [1.82, 2.24) is 14.8 Å². The summed E-state index contributed by atoms with van der Waals surface area (Å²) in [6.45, 7) is 2.66. The van der Waals surface area contributed by atoms with Crippen molar-refractivity contribution < 1.29 is 19.1 Å². The van der Waals surface area contributed by atoms with E-state index in [-0.39, 0.29) is 19.4 Å². The fourth-order valence-electron chi connectivity index (χ4n) is 4.87. The minimum atomic E-state index is -1.85. The van der Waals surface area contributed by atoms with Crippen LogP contribution in [-0.2, 0) is 22.4 Å². The minimum absolute atomic E-state index is 0.0745. The number of alkyl halides is 1. The zero-order valence-corrected chi connectivity index (χ0v) is 17.4. The maximum absolute atomic E-state index is 15.3.